The number of rotatable bonds is 3. The summed E-state index contributed by atoms with van der Waals surface area (Å²) >= 11 is 0. The lowest BCUT2D eigenvalue weighted by molar-refractivity contribution is 0.380. The van der Waals surface area contributed by atoms with Gasteiger partial charge in [0.2, 0.25) is 0 Å². The molecular formula is C19H22FIN6. The minimum Gasteiger partial charge on any atom is -0.370 e. The molecule has 1 aliphatic heterocycles. The van der Waals surface area contributed by atoms with Crippen LogP contribution in [0.1, 0.15) is 5.69 Å². The quantitative estimate of drug-likeness (QED) is 0.356. The molecule has 6 nitrogen and oxygen atoms in total. The molecule has 4 rings (SSSR count). The molecule has 0 spiro atoms. The van der Waals surface area contributed by atoms with E-state index in [2.05, 4.69) is 19.8 Å². The molecule has 27 heavy (non-hydrogen) atoms. The summed E-state index contributed by atoms with van der Waals surface area (Å²) in [6.07, 6.45) is 3.94. The van der Waals surface area contributed by atoms with Crippen LogP contribution in [0.2, 0.25) is 0 Å². The van der Waals surface area contributed by atoms with Gasteiger partial charge < -0.3 is 19.9 Å². The molecule has 1 aromatic carbocycles. The summed E-state index contributed by atoms with van der Waals surface area (Å²) in [6, 6.07) is 12.5. The van der Waals surface area contributed by atoms with Crippen molar-refractivity contribution in [3.05, 3.63) is 66.4 Å². The Hall–Kier alpha value is -2.36. The monoisotopic (exact) mass is 480 g/mol. The van der Waals surface area contributed by atoms with E-state index in [1.165, 1.54) is 12.1 Å². The first-order valence-corrected chi connectivity index (χ1v) is 8.67. The predicted octanol–water partition coefficient (Wildman–Crippen LogP) is 2.73. The lowest BCUT2D eigenvalue weighted by Gasteiger charge is -2.36. The van der Waals surface area contributed by atoms with Gasteiger partial charge in [-0.2, -0.15) is 0 Å². The largest absolute Gasteiger partial charge is 0.370 e. The van der Waals surface area contributed by atoms with E-state index in [1.807, 2.05) is 47.1 Å². The van der Waals surface area contributed by atoms with E-state index in [-0.39, 0.29) is 29.8 Å². The Morgan fingerprint density at radius 2 is 1.81 bits per heavy atom. The minimum absolute atomic E-state index is 0. The number of fused-ring (bicyclic) bond motifs is 1. The molecule has 1 fully saturated rings. The fourth-order valence-electron chi connectivity index (χ4n) is 3.17. The Bertz CT molecular complexity index is 882. The Labute approximate surface area is 174 Å². The van der Waals surface area contributed by atoms with Crippen molar-refractivity contribution in [3.63, 3.8) is 0 Å². The smallest absolute Gasteiger partial charge is 0.191 e. The van der Waals surface area contributed by atoms with Crippen molar-refractivity contribution in [2.24, 2.45) is 10.7 Å². The highest BCUT2D eigenvalue weighted by molar-refractivity contribution is 14.0. The maximum Gasteiger partial charge on any atom is 0.191 e. The molecular weight excluding hydrogens is 458 g/mol. The average Bonchev–Trinajstić information content (AvgIpc) is 3.10. The van der Waals surface area contributed by atoms with Crippen LogP contribution in [-0.4, -0.2) is 46.4 Å². The van der Waals surface area contributed by atoms with Gasteiger partial charge in [0.05, 0.1) is 12.2 Å². The van der Waals surface area contributed by atoms with Gasteiger partial charge in [0.1, 0.15) is 11.5 Å². The molecule has 3 aromatic rings. The van der Waals surface area contributed by atoms with Crippen LogP contribution >= 0.6 is 24.0 Å². The average molecular weight is 480 g/mol. The van der Waals surface area contributed by atoms with Crippen LogP contribution in [0, 0.1) is 5.82 Å². The van der Waals surface area contributed by atoms with Crippen molar-refractivity contribution < 1.29 is 4.39 Å². The SMILES string of the molecule is I.NC(=NCc1cn2ccccc2n1)N1CCN(c2ccc(F)cc2)CC1. The molecule has 2 aromatic heterocycles. The molecule has 2 N–H and O–H groups in total. The molecule has 0 unspecified atom stereocenters. The molecule has 1 saturated heterocycles. The molecule has 8 heteroatoms. The molecule has 0 bridgehead atoms. The second-order valence-electron chi connectivity index (χ2n) is 6.32. The third kappa shape index (κ3) is 4.49. The first kappa shape index (κ1) is 19.4. The van der Waals surface area contributed by atoms with Crippen molar-refractivity contribution in [2.45, 2.75) is 6.54 Å². The number of piperazine rings is 1. The van der Waals surface area contributed by atoms with Crippen LogP contribution in [-0.2, 0) is 6.54 Å². The first-order chi connectivity index (χ1) is 12.7. The molecule has 1 aliphatic rings. The number of imidazole rings is 1. The van der Waals surface area contributed by atoms with Crippen molar-refractivity contribution in [3.8, 4) is 0 Å². The van der Waals surface area contributed by atoms with E-state index in [9.17, 15) is 4.39 Å². The number of aliphatic imine (C=N–C) groups is 1. The van der Waals surface area contributed by atoms with E-state index < -0.39 is 0 Å². The van der Waals surface area contributed by atoms with E-state index in [0.717, 1.165) is 43.2 Å². The van der Waals surface area contributed by atoms with Crippen LogP contribution < -0.4 is 10.6 Å². The summed E-state index contributed by atoms with van der Waals surface area (Å²) in [4.78, 5) is 13.3. The van der Waals surface area contributed by atoms with E-state index in [0.29, 0.717) is 12.5 Å². The number of nitrogens with zero attached hydrogens (tertiary/aromatic N) is 5. The molecule has 0 aliphatic carbocycles. The van der Waals surface area contributed by atoms with Crippen LogP contribution in [0.5, 0.6) is 0 Å². The third-order valence-electron chi connectivity index (χ3n) is 4.61. The highest BCUT2D eigenvalue weighted by Gasteiger charge is 2.18. The zero-order valence-corrected chi connectivity index (χ0v) is 17.2. The number of halogens is 2. The molecule has 0 radical (unpaired) electrons. The molecule has 0 saturated carbocycles. The van der Waals surface area contributed by atoms with Crippen LogP contribution in [0.15, 0.2) is 59.9 Å². The lowest BCUT2D eigenvalue weighted by atomic mass is 10.2. The number of nitrogens with two attached hydrogens (primary N) is 1. The molecule has 0 amide bonds. The van der Waals surface area contributed by atoms with Gasteiger partial charge in [-0.25, -0.2) is 14.4 Å². The maximum atomic E-state index is 13.0. The highest BCUT2D eigenvalue weighted by atomic mass is 127. The Balaban J connectivity index is 0.00000210. The maximum absolute atomic E-state index is 13.0. The molecule has 142 valence electrons. The van der Waals surface area contributed by atoms with Gasteiger partial charge in [-0.1, -0.05) is 6.07 Å². The number of aromatic nitrogens is 2. The number of anilines is 1. The van der Waals surface area contributed by atoms with E-state index in [4.69, 9.17) is 5.73 Å². The summed E-state index contributed by atoms with van der Waals surface area (Å²) in [6.45, 7) is 3.70. The summed E-state index contributed by atoms with van der Waals surface area (Å²) in [5, 5.41) is 0. The van der Waals surface area contributed by atoms with E-state index >= 15 is 0 Å². The fourth-order valence-corrected chi connectivity index (χ4v) is 3.17. The van der Waals surface area contributed by atoms with Gasteiger partial charge in [0, 0.05) is 44.3 Å². The summed E-state index contributed by atoms with van der Waals surface area (Å²) < 4.78 is 15.0. The first-order valence-electron chi connectivity index (χ1n) is 8.67. The number of pyridine rings is 1. The van der Waals surface area contributed by atoms with Gasteiger partial charge in [-0.15, -0.1) is 24.0 Å². The Morgan fingerprint density at radius 3 is 2.52 bits per heavy atom. The van der Waals surface area contributed by atoms with Gasteiger partial charge in [-0.05, 0) is 36.4 Å². The van der Waals surface area contributed by atoms with Crippen molar-refractivity contribution >= 4 is 41.3 Å². The third-order valence-corrected chi connectivity index (χ3v) is 4.61. The second-order valence-corrected chi connectivity index (χ2v) is 6.32. The fraction of sp³-hybridized carbons (Fsp3) is 0.263. The van der Waals surface area contributed by atoms with Gasteiger partial charge in [0.15, 0.2) is 5.96 Å². The topological polar surface area (TPSA) is 62.2 Å². The number of hydrogen-bond donors (Lipinski definition) is 1. The standard InChI is InChI=1S/C19H21FN6.HI/c20-15-4-6-17(7-5-15)24-9-11-25(12-10-24)19(21)22-13-16-14-26-8-2-1-3-18(26)23-16;/h1-8,14H,9-13H2,(H2,21,22);1H. The van der Waals surface area contributed by atoms with Gasteiger partial charge in [-0.3, -0.25) is 0 Å². The normalized spacial score (nSPS) is 15.1. The molecule has 0 atom stereocenters. The number of benzene rings is 1. The zero-order chi connectivity index (χ0) is 17.9. The van der Waals surface area contributed by atoms with Crippen molar-refractivity contribution in [2.75, 3.05) is 31.1 Å². The van der Waals surface area contributed by atoms with Crippen LogP contribution in [0.3, 0.4) is 0 Å². The predicted molar refractivity (Wildman–Crippen MR) is 116 cm³/mol. The minimum atomic E-state index is -0.212. The lowest BCUT2D eigenvalue weighted by Crippen LogP contribution is -2.51. The van der Waals surface area contributed by atoms with Crippen molar-refractivity contribution in [1.29, 1.82) is 0 Å². The van der Waals surface area contributed by atoms with Gasteiger partial charge >= 0.3 is 0 Å². The number of guanidine groups is 1. The van der Waals surface area contributed by atoms with Gasteiger partial charge in [0.25, 0.3) is 0 Å². The molecule has 3 heterocycles. The van der Waals surface area contributed by atoms with Crippen LogP contribution in [0.25, 0.3) is 5.65 Å². The second kappa shape index (κ2) is 8.55. The van der Waals surface area contributed by atoms with E-state index in [1.54, 1.807) is 0 Å². The highest BCUT2D eigenvalue weighted by Crippen LogP contribution is 2.17. The van der Waals surface area contributed by atoms with Crippen LogP contribution in [0.4, 0.5) is 10.1 Å². The number of hydrogen-bond acceptors (Lipinski definition) is 3. The Morgan fingerprint density at radius 1 is 1.07 bits per heavy atom. The summed E-state index contributed by atoms with van der Waals surface area (Å²) in [7, 11) is 0. The summed E-state index contributed by atoms with van der Waals surface area (Å²) in [5.74, 6) is 0.330. The Kier molecular flexibility index (Phi) is 6.15. The zero-order valence-electron chi connectivity index (χ0n) is 14.8. The van der Waals surface area contributed by atoms with Crippen molar-refractivity contribution in [1.82, 2.24) is 14.3 Å². The summed E-state index contributed by atoms with van der Waals surface area (Å²) in [5.41, 5.74) is 9.00.